The maximum atomic E-state index is 13.2. The molecule has 0 radical (unpaired) electrons. The average molecular weight is 273 g/mol. The first-order chi connectivity index (χ1) is 9.60. The predicted octanol–water partition coefficient (Wildman–Crippen LogP) is 3.24. The average Bonchev–Trinajstić information content (AvgIpc) is 2.45. The summed E-state index contributed by atoms with van der Waals surface area (Å²) < 4.78 is 13.2. The van der Waals surface area contributed by atoms with Gasteiger partial charge in [-0.15, -0.1) is 0 Å². The molecule has 0 spiro atoms. The van der Waals surface area contributed by atoms with Crippen LogP contribution in [0.2, 0.25) is 0 Å². The Kier molecular flexibility index (Phi) is 4.35. The third-order valence-electron chi connectivity index (χ3n) is 3.08. The fraction of sp³-hybridized carbons (Fsp3) is 0.188. The summed E-state index contributed by atoms with van der Waals surface area (Å²) >= 11 is 0. The van der Waals surface area contributed by atoms with Crippen LogP contribution < -0.4 is 4.90 Å². The number of phenols is 1. The highest BCUT2D eigenvalue weighted by atomic mass is 19.1. The molecule has 3 nitrogen and oxygen atoms in total. The van der Waals surface area contributed by atoms with Crippen LogP contribution in [0.15, 0.2) is 48.5 Å². The summed E-state index contributed by atoms with van der Waals surface area (Å²) in [6.07, 6.45) is 0. The molecular formula is C16H16FNO2. The van der Waals surface area contributed by atoms with Crippen molar-refractivity contribution < 1.29 is 14.3 Å². The number of Topliss-reactive ketones (excluding diaryl/α,β-unsaturated/α-hetero) is 1. The van der Waals surface area contributed by atoms with Crippen molar-refractivity contribution >= 4 is 11.5 Å². The summed E-state index contributed by atoms with van der Waals surface area (Å²) in [5, 5.41) is 9.21. The third kappa shape index (κ3) is 3.35. The van der Waals surface area contributed by atoms with Gasteiger partial charge in [-0.25, -0.2) is 4.39 Å². The van der Waals surface area contributed by atoms with E-state index in [0.29, 0.717) is 17.8 Å². The molecular weight excluding hydrogens is 257 g/mol. The van der Waals surface area contributed by atoms with Crippen LogP contribution in [0.5, 0.6) is 5.75 Å². The minimum atomic E-state index is -0.321. The Morgan fingerprint density at radius 1 is 1.20 bits per heavy atom. The largest absolute Gasteiger partial charge is 0.508 e. The normalized spacial score (nSPS) is 10.3. The number of aromatic hydroxyl groups is 1. The van der Waals surface area contributed by atoms with E-state index in [1.54, 1.807) is 29.2 Å². The van der Waals surface area contributed by atoms with Crippen molar-refractivity contribution in [3.8, 4) is 5.75 Å². The molecule has 2 aromatic rings. The predicted molar refractivity (Wildman–Crippen MR) is 76.7 cm³/mol. The van der Waals surface area contributed by atoms with Crippen molar-refractivity contribution in [2.45, 2.75) is 6.92 Å². The molecule has 0 aliphatic rings. The zero-order valence-electron chi connectivity index (χ0n) is 11.2. The Bertz CT molecular complexity index is 596. The molecule has 4 heteroatoms. The molecule has 0 bridgehead atoms. The molecule has 0 aliphatic carbocycles. The van der Waals surface area contributed by atoms with Crippen molar-refractivity contribution in [2.75, 3.05) is 18.0 Å². The van der Waals surface area contributed by atoms with E-state index < -0.39 is 0 Å². The van der Waals surface area contributed by atoms with Crippen LogP contribution in [0, 0.1) is 5.82 Å². The molecule has 1 N–H and O–H groups in total. The molecule has 0 atom stereocenters. The van der Waals surface area contributed by atoms with Gasteiger partial charge in [-0.1, -0.05) is 6.07 Å². The Hall–Kier alpha value is -2.36. The van der Waals surface area contributed by atoms with Crippen molar-refractivity contribution in [1.29, 1.82) is 0 Å². The van der Waals surface area contributed by atoms with Gasteiger partial charge in [-0.2, -0.15) is 0 Å². The molecule has 20 heavy (non-hydrogen) atoms. The Labute approximate surface area is 117 Å². The van der Waals surface area contributed by atoms with Crippen LogP contribution >= 0.6 is 0 Å². The lowest BCUT2D eigenvalue weighted by atomic mass is 10.1. The number of anilines is 1. The van der Waals surface area contributed by atoms with Crippen molar-refractivity contribution in [1.82, 2.24) is 0 Å². The zero-order chi connectivity index (χ0) is 14.5. The summed E-state index contributed by atoms with van der Waals surface area (Å²) in [6, 6.07) is 12.3. The fourth-order valence-electron chi connectivity index (χ4n) is 1.97. The van der Waals surface area contributed by atoms with Gasteiger partial charge in [0.2, 0.25) is 0 Å². The van der Waals surface area contributed by atoms with Gasteiger partial charge in [0.15, 0.2) is 5.78 Å². The topological polar surface area (TPSA) is 40.5 Å². The van der Waals surface area contributed by atoms with Crippen LogP contribution in [-0.4, -0.2) is 24.0 Å². The minimum Gasteiger partial charge on any atom is -0.508 e. The molecule has 0 aliphatic heterocycles. The quantitative estimate of drug-likeness (QED) is 0.850. The van der Waals surface area contributed by atoms with E-state index >= 15 is 0 Å². The van der Waals surface area contributed by atoms with Crippen LogP contribution in [0.1, 0.15) is 17.3 Å². The molecule has 0 aromatic heterocycles. The number of phenolic OH excluding ortho intramolecular Hbond substituents is 1. The SMILES string of the molecule is CCN(CC(=O)c1ccc(O)cc1)c1cccc(F)c1. The van der Waals surface area contributed by atoms with Gasteiger partial charge in [0.1, 0.15) is 11.6 Å². The Morgan fingerprint density at radius 2 is 1.90 bits per heavy atom. The molecule has 0 unspecified atom stereocenters. The van der Waals surface area contributed by atoms with Gasteiger partial charge >= 0.3 is 0 Å². The van der Waals surface area contributed by atoms with Gasteiger partial charge in [0.25, 0.3) is 0 Å². The Balaban J connectivity index is 2.14. The van der Waals surface area contributed by atoms with E-state index in [0.717, 1.165) is 0 Å². The highest BCUT2D eigenvalue weighted by Crippen LogP contribution is 2.17. The van der Waals surface area contributed by atoms with Gasteiger partial charge in [0, 0.05) is 17.8 Å². The first kappa shape index (κ1) is 14.1. The van der Waals surface area contributed by atoms with Gasteiger partial charge in [-0.05, 0) is 49.4 Å². The highest BCUT2D eigenvalue weighted by molar-refractivity contribution is 5.99. The summed E-state index contributed by atoms with van der Waals surface area (Å²) in [7, 11) is 0. The molecule has 0 fully saturated rings. The van der Waals surface area contributed by atoms with Crippen LogP contribution in [0.25, 0.3) is 0 Å². The first-order valence-electron chi connectivity index (χ1n) is 6.43. The van der Waals surface area contributed by atoms with Crippen LogP contribution in [0.4, 0.5) is 10.1 Å². The number of ketones is 1. The van der Waals surface area contributed by atoms with Crippen molar-refractivity contribution in [2.24, 2.45) is 0 Å². The first-order valence-corrected chi connectivity index (χ1v) is 6.43. The molecule has 0 saturated carbocycles. The van der Waals surface area contributed by atoms with E-state index in [2.05, 4.69) is 0 Å². The fourth-order valence-corrected chi connectivity index (χ4v) is 1.97. The maximum absolute atomic E-state index is 13.2. The number of carbonyl (C=O) groups is 1. The standard InChI is InChI=1S/C16H16FNO2/c1-2-18(14-5-3-4-13(17)10-14)11-16(20)12-6-8-15(19)9-7-12/h3-10,19H,2,11H2,1H3. The second-order valence-electron chi connectivity index (χ2n) is 4.46. The van der Waals surface area contributed by atoms with E-state index in [4.69, 9.17) is 0 Å². The second kappa shape index (κ2) is 6.19. The third-order valence-corrected chi connectivity index (χ3v) is 3.08. The number of carbonyl (C=O) groups excluding carboxylic acids is 1. The van der Waals surface area contributed by atoms with E-state index in [1.807, 2.05) is 6.92 Å². The number of likely N-dealkylation sites (N-methyl/N-ethyl adjacent to an activating group) is 1. The second-order valence-corrected chi connectivity index (χ2v) is 4.46. The number of benzene rings is 2. The highest BCUT2D eigenvalue weighted by Gasteiger charge is 2.12. The number of nitrogens with zero attached hydrogens (tertiary/aromatic N) is 1. The number of halogens is 1. The Morgan fingerprint density at radius 3 is 2.50 bits per heavy atom. The van der Waals surface area contributed by atoms with Gasteiger partial charge in [-0.3, -0.25) is 4.79 Å². The summed E-state index contributed by atoms with van der Waals surface area (Å²) in [5.41, 5.74) is 1.21. The molecule has 104 valence electrons. The van der Waals surface area contributed by atoms with Gasteiger partial charge in [0.05, 0.1) is 6.54 Å². The lowest BCUT2D eigenvalue weighted by Gasteiger charge is -2.22. The van der Waals surface area contributed by atoms with E-state index in [-0.39, 0.29) is 23.9 Å². The van der Waals surface area contributed by atoms with Crippen LogP contribution in [-0.2, 0) is 0 Å². The van der Waals surface area contributed by atoms with E-state index in [9.17, 15) is 14.3 Å². The lowest BCUT2D eigenvalue weighted by molar-refractivity contribution is 0.0999. The minimum absolute atomic E-state index is 0.0730. The molecule has 2 rings (SSSR count). The zero-order valence-corrected chi connectivity index (χ0v) is 11.2. The van der Waals surface area contributed by atoms with Crippen molar-refractivity contribution in [3.63, 3.8) is 0 Å². The van der Waals surface area contributed by atoms with Gasteiger partial charge < -0.3 is 10.0 Å². The smallest absolute Gasteiger partial charge is 0.182 e. The monoisotopic (exact) mass is 273 g/mol. The molecule has 2 aromatic carbocycles. The molecule has 0 heterocycles. The summed E-state index contributed by atoms with van der Waals surface area (Å²) in [4.78, 5) is 14.0. The van der Waals surface area contributed by atoms with Crippen LogP contribution in [0.3, 0.4) is 0 Å². The van der Waals surface area contributed by atoms with Crippen molar-refractivity contribution in [3.05, 3.63) is 59.9 Å². The van der Waals surface area contributed by atoms with E-state index in [1.165, 1.54) is 24.3 Å². The number of hydrogen-bond acceptors (Lipinski definition) is 3. The maximum Gasteiger partial charge on any atom is 0.182 e. The molecule has 0 amide bonds. The molecule has 0 saturated heterocycles. The number of hydrogen-bond donors (Lipinski definition) is 1. The summed E-state index contributed by atoms with van der Waals surface area (Å²) in [6.45, 7) is 2.69. The number of rotatable bonds is 5. The lowest BCUT2D eigenvalue weighted by Crippen LogP contribution is -2.29. The summed E-state index contributed by atoms with van der Waals surface area (Å²) in [5.74, 6) is -0.270.